The molecule has 1 N–H and O–H groups in total. The van der Waals surface area contributed by atoms with Gasteiger partial charge < -0.3 is 5.32 Å². The first-order valence-corrected chi connectivity index (χ1v) is 7.21. The number of nitrogens with one attached hydrogen (secondary N) is 1. The van der Waals surface area contributed by atoms with Crippen LogP contribution < -0.4 is 10.9 Å². The van der Waals surface area contributed by atoms with Crippen molar-refractivity contribution in [2.45, 2.75) is 18.4 Å². The van der Waals surface area contributed by atoms with Gasteiger partial charge in [-0.3, -0.25) is 9.20 Å². The summed E-state index contributed by atoms with van der Waals surface area (Å²) in [5, 5.41) is 3.29. The zero-order valence-corrected chi connectivity index (χ0v) is 11.7. The molecule has 1 fully saturated rings. The molecule has 110 valence electrons. The van der Waals surface area contributed by atoms with Crippen LogP contribution in [0.25, 0.3) is 5.65 Å². The minimum Gasteiger partial charge on any atom is -0.366 e. The zero-order chi connectivity index (χ0) is 15.1. The SMILES string of the molecule is O=c1cc(N[C@@H]2C[C@H]2c2ccc(F)cc2)nc2ccccn12. The molecule has 1 aliphatic rings. The lowest BCUT2D eigenvalue weighted by Gasteiger charge is -2.07. The van der Waals surface area contributed by atoms with Gasteiger partial charge in [-0.2, -0.15) is 0 Å². The first kappa shape index (κ1) is 13.0. The second-order valence-electron chi connectivity index (χ2n) is 5.55. The summed E-state index contributed by atoms with van der Waals surface area (Å²) in [7, 11) is 0. The maximum absolute atomic E-state index is 12.9. The average Bonchev–Trinajstić information content (AvgIpc) is 3.27. The molecule has 0 aliphatic heterocycles. The van der Waals surface area contributed by atoms with E-state index in [4.69, 9.17) is 0 Å². The van der Waals surface area contributed by atoms with Gasteiger partial charge in [-0.1, -0.05) is 18.2 Å². The van der Waals surface area contributed by atoms with Crippen LogP contribution in [-0.4, -0.2) is 15.4 Å². The van der Waals surface area contributed by atoms with Gasteiger partial charge in [-0.05, 0) is 36.2 Å². The van der Waals surface area contributed by atoms with Crippen molar-refractivity contribution in [3.05, 3.63) is 76.5 Å². The molecule has 2 atom stereocenters. The molecule has 0 radical (unpaired) electrons. The van der Waals surface area contributed by atoms with Gasteiger partial charge in [0, 0.05) is 24.2 Å². The average molecular weight is 295 g/mol. The number of fused-ring (bicyclic) bond motifs is 1. The molecule has 0 amide bonds. The number of anilines is 1. The molecular weight excluding hydrogens is 281 g/mol. The Labute approximate surface area is 126 Å². The second-order valence-corrected chi connectivity index (χ2v) is 5.55. The third-order valence-electron chi connectivity index (χ3n) is 3.99. The number of hydrogen-bond donors (Lipinski definition) is 1. The number of pyridine rings is 1. The van der Waals surface area contributed by atoms with Crippen LogP contribution in [0.15, 0.2) is 59.5 Å². The smallest absolute Gasteiger partial charge is 0.259 e. The molecule has 4 rings (SSSR count). The Bertz CT molecular complexity index is 888. The normalized spacial score (nSPS) is 20.0. The van der Waals surface area contributed by atoms with Gasteiger partial charge in [0.2, 0.25) is 0 Å². The second kappa shape index (κ2) is 4.94. The molecule has 0 saturated heterocycles. The molecule has 4 nitrogen and oxygen atoms in total. The molecular formula is C17H14FN3O. The molecule has 0 spiro atoms. The number of aromatic nitrogens is 2. The largest absolute Gasteiger partial charge is 0.366 e. The Morgan fingerprint density at radius 2 is 2.00 bits per heavy atom. The van der Waals surface area contributed by atoms with Crippen LogP contribution in [0.5, 0.6) is 0 Å². The predicted molar refractivity (Wildman–Crippen MR) is 82.6 cm³/mol. The van der Waals surface area contributed by atoms with Crippen molar-refractivity contribution in [2.75, 3.05) is 5.32 Å². The third-order valence-corrected chi connectivity index (χ3v) is 3.99. The molecule has 1 aromatic carbocycles. The van der Waals surface area contributed by atoms with Crippen molar-refractivity contribution >= 4 is 11.5 Å². The molecule has 2 heterocycles. The molecule has 0 unspecified atom stereocenters. The Balaban J connectivity index is 1.55. The van der Waals surface area contributed by atoms with Gasteiger partial charge in [-0.25, -0.2) is 9.37 Å². The maximum atomic E-state index is 12.9. The first-order valence-electron chi connectivity index (χ1n) is 7.21. The van der Waals surface area contributed by atoms with E-state index in [-0.39, 0.29) is 17.4 Å². The number of hydrogen-bond acceptors (Lipinski definition) is 3. The van der Waals surface area contributed by atoms with Gasteiger partial charge in [0.15, 0.2) is 0 Å². The highest BCUT2D eigenvalue weighted by molar-refractivity contribution is 5.48. The first-order chi connectivity index (χ1) is 10.7. The van der Waals surface area contributed by atoms with Crippen molar-refractivity contribution in [2.24, 2.45) is 0 Å². The summed E-state index contributed by atoms with van der Waals surface area (Å²) in [4.78, 5) is 16.5. The predicted octanol–water partition coefficient (Wildman–Crippen LogP) is 2.80. The zero-order valence-electron chi connectivity index (χ0n) is 11.7. The monoisotopic (exact) mass is 295 g/mol. The van der Waals surface area contributed by atoms with E-state index in [0.29, 0.717) is 17.4 Å². The van der Waals surface area contributed by atoms with E-state index in [1.807, 2.05) is 18.2 Å². The standard InChI is InChI=1S/C17H14FN3O/c18-12-6-4-11(5-7-12)13-9-14(13)19-15-10-17(22)21-8-2-1-3-16(21)20-15/h1-8,10,13-14,19H,9H2/t13-,14+/m0/s1. The number of benzene rings is 1. The minimum absolute atomic E-state index is 0.105. The van der Waals surface area contributed by atoms with Crippen LogP contribution in [0.3, 0.4) is 0 Å². The number of halogens is 1. The van der Waals surface area contributed by atoms with Crippen molar-refractivity contribution in [1.82, 2.24) is 9.38 Å². The summed E-state index contributed by atoms with van der Waals surface area (Å²) in [6, 6.07) is 13.8. The van der Waals surface area contributed by atoms with Gasteiger partial charge in [0.1, 0.15) is 17.3 Å². The Morgan fingerprint density at radius 3 is 2.82 bits per heavy atom. The lowest BCUT2D eigenvalue weighted by molar-refractivity contribution is 0.627. The van der Waals surface area contributed by atoms with Crippen LogP contribution >= 0.6 is 0 Å². The molecule has 22 heavy (non-hydrogen) atoms. The molecule has 1 aliphatic carbocycles. The van der Waals surface area contributed by atoms with E-state index >= 15 is 0 Å². The third kappa shape index (κ3) is 2.35. The van der Waals surface area contributed by atoms with Gasteiger partial charge >= 0.3 is 0 Å². The van der Waals surface area contributed by atoms with Gasteiger partial charge in [0.25, 0.3) is 5.56 Å². The summed E-state index contributed by atoms with van der Waals surface area (Å²) in [5.41, 5.74) is 1.62. The quantitative estimate of drug-likeness (QED) is 0.808. The Hall–Kier alpha value is -2.69. The highest BCUT2D eigenvalue weighted by Gasteiger charge is 2.38. The Morgan fingerprint density at radius 1 is 1.18 bits per heavy atom. The van der Waals surface area contributed by atoms with Gasteiger partial charge in [-0.15, -0.1) is 0 Å². The minimum atomic E-state index is -0.224. The highest BCUT2D eigenvalue weighted by atomic mass is 19.1. The van der Waals surface area contributed by atoms with E-state index < -0.39 is 0 Å². The molecule has 3 aromatic rings. The molecule has 0 bridgehead atoms. The van der Waals surface area contributed by atoms with E-state index in [2.05, 4.69) is 10.3 Å². The van der Waals surface area contributed by atoms with Crippen molar-refractivity contribution < 1.29 is 4.39 Å². The summed E-state index contributed by atoms with van der Waals surface area (Å²) < 4.78 is 14.5. The topological polar surface area (TPSA) is 46.4 Å². The van der Waals surface area contributed by atoms with E-state index in [9.17, 15) is 9.18 Å². The fourth-order valence-corrected chi connectivity index (χ4v) is 2.75. The fraction of sp³-hybridized carbons (Fsp3) is 0.176. The van der Waals surface area contributed by atoms with Crippen molar-refractivity contribution in [3.8, 4) is 0 Å². The van der Waals surface area contributed by atoms with E-state index in [0.717, 1.165) is 12.0 Å². The van der Waals surface area contributed by atoms with Crippen molar-refractivity contribution in [3.63, 3.8) is 0 Å². The van der Waals surface area contributed by atoms with Crippen molar-refractivity contribution in [1.29, 1.82) is 0 Å². The molecule has 2 aromatic heterocycles. The highest BCUT2D eigenvalue weighted by Crippen LogP contribution is 2.42. The lowest BCUT2D eigenvalue weighted by Crippen LogP contribution is -2.16. The summed E-state index contributed by atoms with van der Waals surface area (Å²) in [6.45, 7) is 0. The summed E-state index contributed by atoms with van der Waals surface area (Å²) in [5.74, 6) is 0.709. The van der Waals surface area contributed by atoms with Crippen LogP contribution in [-0.2, 0) is 0 Å². The van der Waals surface area contributed by atoms with Crippen LogP contribution in [0.1, 0.15) is 17.9 Å². The van der Waals surface area contributed by atoms with Crippen LogP contribution in [0.2, 0.25) is 0 Å². The Kier molecular flexibility index (Phi) is 2.92. The molecule has 5 heteroatoms. The summed E-state index contributed by atoms with van der Waals surface area (Å²) >= 11 is 0. The molecule has 1 saturated carbocycles. The number of nitrogens with zero attached hydrogens (tertiary/aromatic N) is 2. The van der Waals surface area contributed by atoms with Crippen LogP contribution in [0.4, 0.5) is 10.2 Å². The van der Waals surface area contributed by atoms with E-state index in [1.54, 1.807) is 18.3 Å². The summed E-state index contributed by atoms with van der Waals surface area (Å²) in [6.07, 6.45) is 2.66. The lowest BCUT2D eigenvalue weighted by atomic mass is 10.1. The van der Waals surface area contributed by atoms with E-state index in [1.165, 1.54) is 22.6 Å². The fourth-order valence-electron chi connectivity index (χ4n) is 2.75. The van der Waals surface area contributed by atoms with Crippen LogP contribution in [0, 0.1) is 5.82 Å². The maximum Gasteiger partial charge on any atom is 0.259 e. The van der Waals surface area contributed by atoms with Gasteiger partial charge in [0.05, 0.1) is 0 Å². The number of rotatable bonds is 3.